The van der Waals surface area contributed by atoms with Crippen molar-refractivity contribution in [1.29, 1.82) is 0 Å². The highest BCUT2D eigenvalue weighted by Gasteiger charge is 2.08. The summed E-state index contributed by atoms with van der Waals surface area (Å²) in [6, 6.07) is 9.13. The highest BCUT2D eigenvalue weighted by atomic mass is 35.5. The third-order valence-corrected chi connectivity index (χ3v) is 2.98. The Labute approximate surface area is 136 Å². The molecule has 5 nitrogen and oxygen atoms in total. The van der Waals surface area contributed by atoms with Crippen LogP contribution in [-0.4, -0.2) is 23.5 Å². The predicted octanol–water partition coefficient (Wildman–Crippen LogP) is 3.07. The number of hydrogen-bond acceptors (Lipinski definition) is 4. The fraction of sp³-hybridized carbons (Fsp3) is 0.0625. The maximum absolute atomic E-state index is 13.3. The van der Waals surface area contributed by atoms with E-state index in [4.69, 9.17) is 16.3 Å². The average molecular weight is 335 g/mol. The number of halogens is 2. The zero-order chi connectivity index (χ0) is 16.7. The molecule has 0 saturated heterocycles. The van der Waals surface area contributed by atoms with E-state index in [0.29, 0.717) is 5.69 Å². The molecule has 0 aliphatic carbocycles. The van der Waals surface area contributed by atoms with Crippen LogP contribution in [0.4, 0.5) is 10.1 Å². The standard InChI is InChI=1S/C16H12ClFN2O3/c17-16-13(6-3-9-19-16)20-14(21)10-23-15(22)8-7-11-4-1-2-5-12(11)18/h1-9H,10H2,(H,20,21)/b8-7+. The fourth-order valence-electron chi connectivity index (χ4n) is 1.62. The maximum Gasteiger partial charge on any atom is 0.331 e. The zero-order valence-electron chi connectivity index (χ0n) is 11.8. The SMILES string of the molecule is O=C(COC(=O)/C=C/c1ccccc1F)Nc1cccnc1Cl. The Balaban J connectivity index is 1.83. The smallest absolute Gasteiger partial charge is 0.331 e. The van der Waals surface area contributed by atoms with Crippen molar-refractivity contribution >= 4 is 35.2 Å². The predicted molar refractivity (Wildman–Crippen MR) is 84.3 cm³/mol. The van der Waals surface area contributed by atoms with Crippen LogP contribution in [0.3, 0.4) is 0 Å². The number of benzene rings is 1. The van der Waals surface area contributed by atoms with Crippen molar-refractivity contribution in [1.82, 2.24) is 4.98 Å². The highest BCUT2D eigenvalue weighted by molar-refractivity contribution is 6.32. The van der Waals surface area contributed by atoms with Gasteiger partial charge in [0.1, 0.15) is 5.82 Å². The normalized spacial score (nSPS) is 10.5. The van der Waals surface area contributed by atoms with Gasteiger partial charge in [0, 0.05) is 17.8 Å². The minimum atomic E-state index is -0.763. The number of carbonyl (C=O) groups is 2. The number of amides is 1. The van der Waals surface area contributed by atoms with Crippen molar-refractivity contribution in [2.24, 2.45) is 0 Å². The van der Waals surface area contributed by atoms with Crippen LogP contribution in [0.5, 0.6) is 0 Å². The van der Waals surface area contributed by atoms with Crippen LogP contribution in [-0.2, 0) is 14.3 Å². The molecule has 0 radical (unpaired) electrons. The Bertz CT molecular complexity index is 750. The van der Waals surface area contributed by atoms with Gasteiger partial charge in [0.2, 0.25) is 0 Å². The van der Waals surface area contributed by atoms with Crippen LogP contribution in [0.1, 0.15) is 5.56 Å². The van der Waals surface area contributed by atoms with Gasteiger partial charge in [-0.2, -0.15) is 0 Å². The van der Waals surface area contributed by atoms with E-state index < -0.39 is 24.3 Å². The summed E-state index contributed by atoms with van der Waals surface area (Å²) in [5.41, 5.74) is 0.563. The molecule has 7 heteroatoms. The molecule has 0 unspecified atom stereocenters. The van der Waals surface area contributed by atoms with Crippen LogP contribution < -0.4 is 5.32 Å². The lowest BCUT2D eigenvalue weighted by Crippen LogP contribution is -2.20. The third-order valence-electron chi connectivity index (χ3n) is 2.68. The van der Waals surface area contributed by atoms with E-state index in [1.807, 2.05) is 0 Å². The Morgan fingerprint density at radius 3 is 2.78 bits per heavy atom. The molecule has 0 bridgehead atoms. The number of pyridine rings is 1. The number of hydrogen-bond donors (Lipinski definition) is 1. The van der Waals surface area contributed by atoms with Crippen molar-refractivity contribution in [3.05, 3.63) is 65.2 Å². The largest absolute Gasteiger partial charge is 0.452 e. The van der Waals surface area contributed by atoms with E-state index in [1.165, 1.54) is 24.4 Å². The van der Waals surface area contributed by atoms with Gasteiger partial charge in [0.25, 0.3) is 5.91 Å². The summed E-state index contributed by atoms with van der Waals surface area (Å²) in [4.78, 5) is 26.9. The zero-order valence-corrected chi connectivity index (χ0v) is 12.6. The van der Waals surface area contributed by atoms with E-state index in [9.17, 15) is 14.0 Å². The molecule has 1 N–H and O–H groups in total. The number of nitrogens with one attached hydrogen (secondary N) is 1. The molecule has 0 atom stereocenters. The Morgan fingerprint density at radius 1 is 1.26 bits per heavy atom. The number of rotatable bonds is 5. The highest BCUT2D eigenvalue weighted by Crippen LogP contribution is 2.17. The lowest BCUT2D eigenvalue weighted by Gasteiger charge is -2.06. The number of anilines is 1. The number of ether oxygens (including phenoxy) is 1. The maximum atomic E-state index is 13.3. The first-order valence-corrected chi connectivity index (χ1v) is 6.94. The summed E-state index contributed by atoms with van der Waals surface area (Å²) < 4.78 is 18.1. The monoisotopic (exact) mass is 334 g/mol. The van der Waals surface area contributed by atoms with E-state index in [-0.39, 0.29) is 10.7 Å². The molecule has 1 amide bonds. The first kappa shape index (κ1) is 16.6. The summed E-state index contributed by atoms with van der Waals surface area (Å²) in [6.45, 7) is -0.494. The Hall–Kier alpha value is -2.73. The molecule has 0 spiro atoms. The quantitative estimate of drug-likeness (QED) is 0.518. The van der Waals surface area contributed by atoms with Crippen LogP contribution in [0, 0.1) is 5.82 Å². The number of nitrogens with zero attached hydrogens (tertiary/aromatic N) is 1. The van der Waals surface area contributed by atoms with Crippen molar-refractivity contribution in [3.63, 3.8) is 0 Å². The molecule has 0 aliphatic heterocycles. The second kappa shape index (κ2) is 8.05. The topological polar surface area (TPSA) is 68.3 Å². The molecule has 1 heterocycles. The first-order chi connectivity index (χ1) is 11.1. The van der Waals surface area contributed by atoms with Gasteiger partial charge in [-0.25, -0.2) is 14.2 Å². The lowest BCUT2D eigenvalue weighted by atomic mass is 10.2. The molecular formula is C16H12ClFN2O3. The van der Waals surface area contributed by atoms with Crippen LogP contribution in [0.15, 0.2) is 48.7 Å². The third kappa shape index (κ3) is 5.19. The Morgan fingerprint density at radius 2 is 2.04 bits per heavy atom. The van der Waals surface area contributed by atoms with Crippen molar-refractivity contribution in [3.8, 4) is 0 Å². The molecule has 2 aromatic rings. The number of aromatic nitrogens is 1. The van der Waals surface area contributed by atoms with Gasteiger partial charge in [-0.05, 0) is 24.3 Å². The fourth-order valence-corrected chi connectivity index (χ4v) is 1.79. The molecule has 0 fully saturated rings. The summed E-state index contributed by atoms with van der Waals surface area (Å²) in [5, 5.41) is 2.58. The van der Waals surface area contributed by atoms with E-state index in [0.717, 1.165) is 6.08 Å². The molecule has 2 rings (SSSR count). The minimum absolute atomic E-state index is 0.131. The van der Waals surface area contributed by atoms with Gasteiger partial charge in [0.15, 0.2) is 11.8 Å². The van der Waals surface area contributed by atoms with E-state index in [2.05, 4.69) is 10.3 Å². The van der Waals surface area contributed by atoms with Gasteiger partial charge >= 0.3 is 5.97 Å². The van der Waals surface area contributed by atoms with Crippen LogP contribution in [0.25, 0.3) is 6.08 Å². The van der Waals surface area contributed by atoms with E-state index in [1.54, 1.807) is 24.3 Å². The molecular weight excluding hydrogens is 323 g/mol. The van der Waals surface area contributed by atoms with Gasteiger partial charge < -0.3 is 10.1 Å². The van der Waals surface area contributed by atoms with Crippen molar-refractivity contribution in [2.45, 2.75) is 0 Å². The molecule has 23 heavy (non-hydrogen) atoms. The minimum Gasteiger partial charge on any atom is -0.452 e. The summed E-state index contributed by atoms with van der Waals surface area (Å²) in [5.74, 6) is -1.78. The lowest BCUT2D eigenvalue weighted by molar-refractivity contribution is -0.142. The summed E-state index contributed by atoms with van der Waals surface area (Å²) >= 11 is 5.78. The summed E-state index contributed by atoms with van der Waals surface area (Å²) in [7, 11) is 0. The van der Waals surface area contributed by atoms with Crippen LogP contribution in [0.2, 0.25) is 5.15 Å². The van der Waals surface area contributed by atoms with Gasteiger partial charge in [-0.1, -0.05) is 29.8 Å². The molecule has 1 aromatic carbocycles. The van der Waals surface area contributed by atoms with Gasteiger partial charge in [-0.3, -0.25) is 4.79 Å². The van der Waals surface area contributed by atoms with Crippen LogP contribution >= 0.6 is 11.6 Å². The molecule has 0 aliphatic rings. The van der Waals surface area contributed by atoms with Crippen molar-refractivity contribution in [2.75, 3.05) is 11.9 Å². The average Bonchev–Trinajstić information content (AvgIpc) is 2.54. The Kier molecular flexibility index (Phi) is 5.82. The second-order valence-electron chi connectivity index (χ2n) is 4.35. The van der Waals surface area contributed by atoms with Gasteiger partial charge in [0.05, 0.1) is 5.69 Å². The van der Waals surface area contributed by atoms with Crippen molar-refractivity contribution < 1.29 is 18.7 Å². The second-order valence-corrected chi connectivity index (χ2v) is 4.71. The molecule has 118 valence electrons. The molecule has 1 aromatic heterocycles. The number of carbonyl (C=O) groups excluding carboxylic acids is 2. The van der Waals surface area contributed by atoms with E-state index >= 15 is 0 Å². The summed E-state index contributed by atoms with van der Waals surface area (Å²) in [6.07, 6.45) is 3.79. The van der Waals surface area contributed by atoms with Gasteiger partial charge in [-0.15, -0.1) is 0 Å². The molecule has 0 saturated carbocycles. The first-order valence-electron chi connectivity index (χ1n) is 6.56. The number of esters is 1.